The zero-order valence-electron chi connectivity index (χ0n) is 23.8. The van der Waals surface area contributed by atoms with E-state index < -0.39 is 35.6 Å². The van der Waals surface area contributed by atoms with Crippen molar-refractivity contribution < 1.29 is 60.6 Å². The van der Waals surface area contributed by atoms with Gasteiger partial charge in [0.1, 0.15) is 23.0 Å². The Hall–Kier alpha value is -2.84. The molecular weight excluding hydrogens is 580 g/mol. The molecule has 2 spiro atoms. The average molecular weight is 617 g/mol. The Kier molecular flexibility index (Phi) is 9.57. The standard InChI is InChI=1S/C16H20F2O5.C14H16F2O4/c1-19-11-20-12-2-4-13(5-3-12)23-14-10-15(21-8-9-22-15)6-7-16(14,17)18;15-14(16)6-5-13(18-7-8-19-13)9-12(14)20-11-3-1-10(17)2-4-11/h2-5,14H,6-11H2,1H3;1-4,12,17H,5-9H2. The molecule has 0 bridgehead atoms. The lowest BCUT2D eigenvalue weighted by Gasteiger charge is -2.40. The third-order valence-corrected chi connectivity index (χ3v) is 7.80. The van der Waals surface area contributed by atoms with Crippen LogP contribution in [0, 0.1) is 0 Å². The molecule has 2 unspecified atom stereocenters. The highest BCUT2D eigenvalue weighted by Crippen LogP contribution is 2.46. The molecule has 2 aliphatic carbocycles. The van der Waals surface area contributed by atoms with E-state index in [4.69, 9.17) is 37.9 Å². The van der Waals surface area contributed by atoms with Gasteiger partial charge in [0.15, 0.2) is 30.6 Å². The second kappa shape index (κ2) is 13.0. The molecule has 238 valence electrons. The monoisotopic (exact) mass is 616 g/mol. The zero-order chi connectivity index (χ0) is 30.6. The van der Waals surface area contributed by atoms with Crippen LogP contribution in [-0.2, 0) is 23.7 Å². The molecule has 0 radical (unpaired) electrons. The van der Waals surface area contributed by atoms with Crippen LogP contribution in [0.25, 0.3) is 0 Å². The Morgan fingerprint density at radius 3 is 1.47 bits per heavy atom. The van der Waals surface area contributed by atoms with Crippen LogP contribution in [0.5, 0.6) is 23.0 Å². The van der Waals surface area contributed by atoms with Crippen LogP contribution in [0.2, 0.25) is 0 Å². The second-order valence-corrected chi connectivity index (χ2v) is 10.9. The second-order valence-electron chi connectivity index (χ2n) is 10.9. The van der Waals surface area contributed by atoms with Gasteiger partial charge >= 0.3 is 0 Å². The topological polar surface area (TPSA) is 94.1 Å². The van der Waals surface area contributed by atoms with Gasteiger partial charge in [-0.15, -0.1) is 0 Å². The highest BCUT2D eigenvalue weighted by molar-refractivity contribution is 5.32. The Morgan fingerprint density at radius 2 is 1.05 bits per heavy atom. The van der Waals surface area contributed by atoms with Crippen LogP contribution in [0.1, 0.15) is 38.5 Å². The van der Waals surface area contributed by atoms with Crippen LogP contribution in [-0.4, -0.2) is 81.1 Å². The maximum atomic E-state index is 14.2. The smallest absolute Gasteiger partial charge is 0.284 e. The first-order valence-corrected chi connectivity index (χ1v) is 14.2. The van der Waals surface area contributed by atoms with Crippen molar-refractivity contribution in [3.63, 3.8) is 0 Å². The molecule has 2 saturated heterocycles. The lowest BCUT2D eigenvalue weighted by Crippen LogP contribution is -2.51. The van der Waals surface area contributed by atoms with E-state index in [1.165, 1.54) is 31.4 Å². The number of phenols is 1. The van der Waals surface area contributed by atoms with Gasteiger partial charge in [-0.2, -0.15) is 0 Å². The van der Waals surface area contributed by atoms with Gasteiger partial charge in [-0.3, -0.25) is 0 Å². The Morgan fingerprint density at radius 1 is 0.651 bits per heavy atom. The van der Waals surface area contributed by atoms with E-state index in [0.29, 0.717) is 43.7 Å². The van der Waals surface area contributed by atoms with Gasteiger partial charge in [-0.1, -0.05) is 0 Å². The predicted molar refractivity (Wildman–Crippen MR) is 143 cm³/mol. The fraction of sp³-hybridized carbons (Fsp3) is 0.600. The molecule has 43 heavy (non-hydrogen) atoms. The van der Waals surface area contributed by atoms with Crippen molar-refractivity contribution in [2.75, 3.05) is 40.3 Å². The summed E-state index contributed by atoms with van der Waals surface area (Å²) < 4.78 is 99.3. The maximum Gasteiger partial charge on any atom is 0.284 e. The van der Waals surface area contributed by atoms with Gasteiger partial charge in [-0.25, -0.2) is 17.6 Å². The first-order valence-electron chi connectivity index (χ1n) is 14.2. The molecule has 1 N–H and O–H groups in total. The molecule has 9 nitrogen and oxygen atoms in total. The number of rotatable bonds is 7. The summed E-state index contributed by atoms with van der Waals surface area (Å²) in [6.45, 7) is 1.85. The molecule has 4 fully saturated rings. The summed E-state index contributed by atoms with van der Waals surface area (Å²) in [5, 5.41) is 9.19. The normalized spacial score (nSPS) is 26.4. The highest BCUT2D eigenvalue weighted by Gasteiger charge is 2.56. The number of ether oxygens (including phenoxy) is 8. The first-order chi connectivity index (χ1) is 20.5. The van der Waals surface area contributed by atoms with Crippen molar-refractivity contribution in [3.05, 3.63) is 48.5 Å². The lowest BCUT2D eigenvalue weighted by atomic mass is 9.88. The fourth-order valence-electron chi connectivity index (χ4n) is 5.47. The van der Waals surface area contributed by atoms with Crippen molar-refractivity contribution in [3.8, 4) is 23.0 Å². The molecule has 2 heterocycles. The summed E-state index contributed by atoms with van der Waals surface area (Å²) in [6.07, 6.45) is -2.83. The number of hydrogen-bond acceptors (Lipinski definition) is 9. The third-order valence-electron chi connectivity index (χ3n) is 7.80. The number of alkyl halides is 4. The fourth-order valence-corrected chi connectivity index (χ4v) is 5.47. The molecule has 2 aromatic carbocycles. The summed E-state index contributed by atoms with van der Waals surface area (Å²) >= 11 is 0. The van der Waals surface area contributed by atoms with E-state index >= 15 is 0 Å². The number of hydrogen-bond donors (Lipinski definition) is 1. The number of halogens is 4. The van der Waals surface area contributed by atoms with E-state index in [2.05, 4.69) is 0 Å². The quantitative estimate of drug-likeness (QED) is 0.312. The van der Waals surface area contributed by atoms with Gasteiger partial charge in [0.05, 0.1) is 26.4 Å². The summed E-state index contributed by atoms with van der Waals surface area (Å²) in [5.41, 5.74) is 0. The minimum Gasteiger partial charge on any atom is -0.508 e. The number of methoxy groups -OCH3 is 1. The van der Waals surface area contributed by atoms with E-state index in [1.807, 2.05) is 0 Å². The molecule has 2 aromatic rings. The van der Waals surface area contributed by atoms with Gasteiger partial charge < -0.3 is 43.0 Å². The maximum absolute atomic E-state index is 14.2. The van der Waals surface area contributed by atoms with Crippen LogP contribution in [0.15, 0.2) is 48.5 Å². The van der Waals surface area contributed by atoms with Crippen molar-refractivity contribution in [2.45, 2.75) is 74.2 Å². The van der Waals surface area contributed by atoms with Gasteiger partial charge in [-0.05, 0) is 48.5 Å². The van der Waals surface area contributed by atoms with Crippen LogP contribution >= 0.6 is 0 Å². The summed E-state index contributed by atoms with van der Waals surface area (Å²) in [5.74, 6) is -6.39. The molecule has 2 saturated carbocycles. The summed E-state index contributed by atoms with van der Waals surface area (Å²) in [6, 6.07) is 12.2. The van der Waals surface area contributed by atoms with Crippen molar-refractivity contribution in [1.29, 1.82) is 0 Å². The average Bonchev–Trinajstić information content (AvgIpc) is 3.65. The van der Waals surface area contributed by atoms with E-state index in [1.54, 1.807) is 24.3 Å². The minimum atomic E-state index is -2.92. The molecule has 2 atom stereocenters. The molecule has 2 aliphatic heterocycles. The molecule has 4 aliphatic rings. The van der Waals surface area contributed by atoms with Crippen LogP contribution in [0.3, 0.4) is 0 Å². The van der Waals surface area contributed by atoms with E-state index in [0.717, 1.165) is 0 Å². The van der Waals surface area contributed by atoms with Gasteiger partial charge in [0.2, 0.25) is 0 Å². The van der Waals surface area contributed by atoms with Gasteiger partial charge in [0.25, 0.3) is 11.8 Å². The third kappa shape index (κ3) is 7.82. The van der Waals surface area contributed by atoms with Crippen LogP contribution in [0.4, 0.5) is 17.6 Å². The Bertz CT molecular complexity index is 1170. The van der Waals surface area contributed by atoms with Crippen molar-refractivity contribution in [2.24, 2.45) is 0 Å². The Labute approximate surface area is 246 Å². The van der Waals surface area contributed by atoms with E-state index in [-0.39, 0.29) is 51.1 Å². The van der Waals surface area contributed by atoms with Crippen LogP contribution < -0.4 is 14.2 Å². The van der Waals surface area contributed by atoms with E-state index in [9.17, 15) is 22.7 Å². The molecule has 0 aromatic heterocycles. The molecule has 13 heteroatoms. The molecule has 0 amide bonds. The van der Waals surface area contributed by atoms with Gasteiger partial charge in [0, 0.05) is 45.6 Å². The van der Waals surface area contributed by atoms with Crippen molar-refractivity contribution >= 4 is 0 Å². The summed E-state index contributed by atoms with van der Waals surface area (Å²) in [7, 11) is 1.52. The number of aromatic hydroxyl groups is 1. The Balaban J connectivity index is 0.000000173. The highest BCUT2D eigenvalue weighted by atomic mass is 19.3. The zero-order valence-corrected chi connectivity index (χ0v) is 23.8. The van der Waals surface area contributed by atoms with Crippen molar-refractivity contribution in [1.82, 2.24) is 0 Å². The number of benzene rings is 2. The lowest BCUT2D eigenvalue weighted by molar-refractivity contribution is -0.242. The first kappa shape index (κ1) is 31.6. The summed E-state index contributed by atoms with van der Waals surface area (Å²) in [4.78, 5) is 0. The molecule has 6 rings (SSSR count). The minimum absolute atomic E-state index is 0.000869. The SMILES string of the molecule is COCOc1ccc(OC2CC3(CCC2(F)F)OCCO3)cc1.Oc1ccc(OC2CC3(CCC2(F)F)OCCO3)cc1. The predicted octanol–water partition coefficient (Wildman–Crippen LogP) is 5.68. The largest absolute Gasteiger partial charge is 0.508 e. The molecular formula is C30H36F4O9. The number of phenolic OH excluding ortho intramolecular Hbond substituents is 1.